The number of nitrogens with two attached hydrogens (primary N) is 1. The molecule has 0 heterocycles. The number of ether oxygens (including phenoxy) is 1. The Labute approximate surface area is 134 Å². The maximum absolute atomic E-state index is 10.8. The van der Waals surface area contributed by atoms with Crippen LogP contribution in [0.15, 0.2) is 0 Å². The molecule has 2 atom stereocenters. The summed E-state index contributed by atoms with van der Waals surface area (Å²) in [5.74, 6) is -1.12. The summed E-state index contributed by atoms with van der Waals surface area (Å²) in [6.45, 7) is 2.65. The van der Waals surface area contributed by atoms with Gasteiger partial charge in [-0.3, -0.25) is 14.4 Å². The van der Waals surface area contributed by atoms with Crippen LogP contribution in [0.1, 0.15) is 13.8 Å². The molecule has 0 aromatic heterocycles. The first-order chi connectivity index (χ1) is 9.69. The Hall–Kier alpha value is -1.42. The molecule has 0 aliphatic heterocycles. The number of carbonyl (C=O) groups excluding carboxylic acids is 4. The molecule has 0 aromatic rings. The third-order valence-electron chi connectivity index (χ3n) is 1.95. The minimum atomic E-state index is -0.652. The van der Waals surface area contributed by atoms with Gasteiger partial charge in [-0.15, -0.1) is 0 Å². The van der Waals surface area contributed by atoms with E-state index in [1.807, 2.05) is 0 Å². The van der Waals surface area contributed by atoms with Gasteiger partial charge in [-0.2, -0.15) is 25.3 Å². The Morgan fingerprint density at radius 1 is 1.00 bits per heavy atom. The van der Waals surface area contributed by atoms with E-state index >= 15 is 0 Å². The van der Waals surface area contributed by atoms with Crippen molar-refractivity contribution in [1.29, 1.82) is 0 Å². The first-order valence-corrected chi connectivity index (χ1v) is 7.09. The van der Waals surface area contributed by atoms with Crippen molar-refractivity contribution < 1.29 is 23.9 Å². The van der Waals surface area contributed by atoms with E-state index in [1.165, 1.54) is 21.0 Å². The number of methoxy groups -OCH3 is 1. The molecule has 0 radical (unpaired) electrons. The fraction of sp³-hybridized carbons (Fsp3) is 0.636. The molecule has 3 amide bonds. The highest BCUT2D eigenvalue weighted by Crippen LogP contribution is 1.90. The molecular formula is C11H21N3O5S2. The molecule has 0 spiro atoms. The molecule has 0 unspecified atom stereocenters. The van der Waals surface area contributed by atoms with E-state index < -0.39 is 24.0 Å². The van der Waals surface area contributed by atoms with Crippen LogP contribution in [-0.2, 0) is 23.9 Å². The number of esters is 1. The summed E-state index contributed by atoms with van der Waals surface area (Å²) in [6.07, 6.45) is 0. The first kappa shape index (κ1) is 21.9. The van der Waals surface area contributed by atoms with Crippen molar-refractivity contribution in [2.24, 2.45) is 5.73 Å². The molecule has 0 aromatic carbocycles. The van der Waals surface area contributed by atoms with Crippen molar-refractivity contribution >= 4 is 48.9 Å². The SMILES string of the molecule is CC(=O)N[C@@H](CS)C(N)=O.COC(=O)[C@H](CS)NC(C)=O. The van der Waals surface area contributed by atoms with Gasteiger partial charge in [-0.05, 0) is 0 Å². The van der Waals surface area contributed by atoms with E-state index in [1.54, 1.807) is 0 Å². The largest absolute Gasteiger partial charge is 0.467 e. The van der Waals surface area contributed by atoms with E-state index in [4.69, 9.17) is 5.73 Å². The lowest BCUT2D eigenvalue weighted by Gasteiger charge is -2.11. The fourth-order valence-electron chi connectivity index (χ4n) is 1.02. The van der Waals surface area contributed by atoms with E-state index in [9.17, 15) is 19.2 Å². The maximum Gasteiger partial charge on any atom is 0.329 e. The highest BCUT2D eigenvalue weighted by molar-refractivity contribution is 7.80. The third-order valence-corrected chi connectivity index (χ3v) is 2.68. The summed E-state index contributed by atoms with van der Waals surface area (Å²) < 4.78 is 4.40. The fourth-order valence-corrected chi connectivity index (χ4v) is 1.53. The van der Waals surface area contributed by atoms with E-state index in [0.29, 0.717) is 0 Å². The van der Waals surface area contributed by atoms with Crippen LogP contribution in [0.2, 0.25) is 0 Å². The van der Waals surface area contributed by atoms with Gasteiger partial charge in [0.05, 0.1) is 7.11 Å². The Bertz CT molecular complexity index is 379. The zero-order valence-corrected chi connectivity index (χ0v) is 13.9. The average Bonchev–Trinajstić information content (AvgIpc) is 2.41. The summed E-state index contributed by atoms with van der Waals surface area (Å²) in [6, 6.07) is -1.29. The number of amides is 3. The average molecular weight is 339 g/mol. The van der Waals surface area contributed by atoms with Gasteiger partial charge < -0.3 is 21.1 Å². The molecule has 21 heavy (non-hydrogen) atoms. The summed E-state index contributed by atoms with van der Waals surface area (Å²) in [7, 11) is 1.26. The van der Waals surface area contributed by atoms with Gasteiger partial charge in [0.2, 0.25) is 17.7 Å². The zero-order chi connectivity index (χ0) is 17.0. The molecule has 8 nitrogen and oxygen atoms in total. The van der Waals surface area contributed by atoms with Gasteiger partial charge in [0, 0.05) is 25.4 Å². The normalized spacial score (nSPS) is 12.0. The van der Waals surface area contributed by atoms with Crippen molar-refractivity contribution in [3.63, 3.8) is 0 Å². The second-order valence-electron chi connectivity index (χ2n) is 3.80. The second kappa shape index (κ2) is 12.3. The van der Waals surface area contributed by atoms with E-state index in [2.05, 4.69) is 40.6 Å². The lowest BCUT2D eigenvalue weighted by Crippen LogP contribution is -2.44. The minimum absolute atomic E-state index is 0.231. The number of thiol groups is 2. The minimum Gasteiger partial charge on any atom is -0.467 e. The van der Waals surface area contributed by atoms with Crippen molar-refractivity contribution in [2.75, 3.05) is 18.6 Å². The van der Waals surface area contributed by atoms with Crippen LogP contribution in [0.4, 0.5) is 0 Å². The highest BCUT2D eigenvalue weighted by atomic mass is 32.1. The number of primary amides is 1. The Morgan fingerprint density at radius 3 is 1.57 bits per heavy atom. The van der Waals surface area contributed by atoms with Crippen molar-refractivity contribution in [3.8, 4) is 0 Å². The van der Waals surface area contributed by atoms with Crippen molar-refractivity contribution in [3.05, 3.63) is 0 Å². The van der Waals surface area contributed by atoms with Crippen LogP contribution < -0.4 is 16.4 Å². The van der Waals surface area contributed by atoms with Gasteiger partial charge in [-0.25, -0.2) is 4.79 Å². The van der Waals surface area contributed by atoms with Crippen LogP contribution in [0.5, 0.6) is 0 Å². The predicted molar refractivity (Wildman–Crippen MR) is 84.1 cm³/mol. The van der Waals surface area contributed by atoms with Gasteiger partial charge in [-0.1, -0.05) is 0 Å². The van der Waals surface area contributed by atoms with Crippen molar-refractivity contribution in [2.45, 2.75) is 25.9 Å². The van der Waals surface area contributed by atoms with Crippen molar-refractivity contribution in [1.82, 2.24) is 10.6 Å². The third kappa shape index (κ3) is 12.1. The number of carbonyl (C=O) groups is 4. The van der Waals surface area contributed by atoms with E-state index in [0.717, 1.165) is 0 Å². The molecule has 10 heteroatoms. The Balaban J connectivity index is 0. The maximum atomic E-state index is 10.8. The Kier molecular flexibility index (Phi) is 12.8. The monoisotopic (exact) mass is 339 g/mol. The molecule has 0 bridgehead atoms. The summed E-state index contributed by atoms with van der Waals surface area (Å²) in [4.78, 5) is 42.1. The molecule has 0 rings (SSSR count). The van der Waals surface area contributed by atoms with Gasteiger partial charge in [0.25, 0.3) is 0 Å². The van der Waals surface area contributed by atoms with Crippen LogP contribution >= 0.6 is 25.3 Å². The van der Waals surface area contributed by atoms with Crippen LogP contribution in [-0.4, -0.2) is 54.4 Å². The zero-order valence-electron chi connectivity index (χ0n) is 12.1. The summed E-state index contributed by atoms with van der Waals surface area (Å²) in [5, 5.41) is 4.73. The van der Waals surface area contributed by atoms with Gasteiger partial charge >= 0.3 is 5.97 Å². The van der Waals surface area contributed by atoms with Crippen LogP contribution in [0, 0.1) is 0 Å². The number of rotatable bonds is 6. The van der Waals surface area contributed by atoms with Gasteiger partial charge in [0.15, 0.2) is 0 Å². The molecule has 0 aliphatic rings. The number of hydrogen-bond acceptors (Lipinski definition) is 7. The number of nitrogens with one attached hydrogen (secondary N) is 2. The summed E-state index contributed by atoms with van der Waals surface area (Å²) >= 11 is 7.68. The Morgan fingerprint density at radius 2 is 1.38 bits per heavy atom. The first-order valence-electron chi connectivity index (χ1n) is 5.82. The van der Waals surface area contributed by atoms with E-state index in [-0.39, 0.29) is 23.3 Å². The van der Waals surface area contributed by atoms with Gasteiger partial charge in [0.1, 0.15) is 12.1 Å². The molecule has 0 saturated heterocycles. The standard InChI is InChI=1S/C6H11NO3S.C5H10N2O2S/c1-4(8)7-5(3-11)6(9)10-2;1-3(8)7-4(2-10)5(6)9/h5,11H,3H2,1-2H3,(H,7,8);4,10H,2H2,1H3,(H2,6,9)(H,7,8)/t5-;4-/m00/s1. The topological polar surface area (TPSA) is 128 Å². The van der Waals surface area contributed by atoms with Crippen LogP contribution in [0.25, 0.3) is 0 Å². The quantitative estimate of drug-likeness (QED) is 0.297. The molecule has 4 N–H and O–H groups in total. The molecule has 122 valence electrons. The van der Waals surface area contributed by atoms with Crippen LogP contribution in [0.3, 0.4) is 0 Å². The lowest BCUT2D eigenvalue weighted by molar-refractivity contribution is -0.144. The molecule has 0 aliphatic carbocycles. The lowest BCUT2D eigenvalue weighted by atomic mass is 10.3. The molecule has 0 fully saturated rings. The predicted octanol–water partition coefficient (Wildman–Crippen LogP) is -1.50. The smallest absolute Gasteiger partial charge is 0.329 e. The molecule has 0 saturated carbocycles. The number of hydrogen-bond donors (Lipinski definition) is 5. The summed E-state index contributed by atoms with van der Waals surface area (Å²) in [5.41, 5.74) is 4.89. The molecular weight excluding hydrogens is 318 g/mol. The highest BCUT2D eigenvalue weighted by Gasteiger charge is 2.17. The second-order valence-corrected chi connectivity index (χ2v) is 4.53.